The molecule has 2 N–H and O–H groups in total. The number of guanidine groups is 1. The molecule has 2 rings (SSSR count). The Morgan fingerprint density at radius 2 is 2.04 bits per heavy atom. The zero-order chi connectivity index (χ0) is 16.5. The Balaban J connectivity index is 0.00000288. The zero-order valence-electron chi connectivity index (χ0n) is 14.6. The topological polar surface area (TPSA) is 54.9 Å². The number of hydrogen-bond acceptors (Lipinski definition) is 4. The Morgan fingerprint density at radius 3 is 2.67 bits per heavy atom. The Hall–Kier alpha value is -0.830. The Bertz CT molecular complexity index is 523. The van der Waals surface area contributed by atoms with Crippen molar-refractivity contribution in [3.8, 4) is 11.5 Å². The SMILES string of the molecule is CCNC(=NCc1ccc(OC)c(OC)c1)NCC1CCCS1.I. The molecule has 1 saturated heterocycles. The van der Waals surface area contributed by atoms with Crippen LogP contribution < -0.4 is 20.1 Å². The molecule has 136 valence electrons. The molecule has 1 aliphatic heterocycles. The van der Waals surface area contributed by atoms with Crippen LogP contribution in [0.2, 0.25) is 0 Å². The molecule has 0 spiro atoms. The molecular formula is C17H28IN3O2S. The second kappa shape index (κ2) is 11.7. The van der Waals surface area contributed by atoms with Crippen molar-refractivity contribution in [1.82, 2.24) is 10.6 Å². The number of hydrogen-bond donors (Lipinski definition) is 2. The van der Waals surface area contributed by atoms with E-state index < -0.39 is 0 Å². The molecule has 1 aromatic rings. The van der Waals surface area contributed by atoms with Crippen LogP contribution in [0.4, 0.5) is 0 Å². The molecule has 1 heterocycles. The van der Waals surface area contributed by atoms with Crippen molar-refractivity contribution in [2.24, 2.45) is 4.99 Å². The maximum atomic E-state index is 5.34. The van der Waals surface area contributed by atoms with E-state index >= 15 is 0 Å². The average Bonchev–Trinajstić information content (AvgIpc) is 3.10. The minimum Gasteiger partial charge on any atom is -0.493 e. The quantitative estimate of drug-likeness (QED) is 0.368. The van der Waals surface area contributed by atoms with Gasteiger partial charge in [0.2, 0.25) is 0 Å². The fourth-order valence-corrected chi connectivity index (χ4v) is 3.71. The summed E-state index contributed by atoms with van der Waals surface area (Å²) in [6.45, 7) is 4.52. The monoisotopic (exact) mass is 465 g/mol. The van der Waals surface area contributed by atoms with Gasteiger partial charge in [-0.25, -0.2) is 4.99 Å². The average molecular weight is 465 g/mol. The smallest absolute Gasteiger partial charge is 0.191 e. The molecule has 0 amide bonds. The molecular weight excluding hydrogens is 437 g/mol. The number of aliphatic imine (C=N–C) groups is 1. The molecule has 24 heavy (non-hydrogen) atoms. The van der Waals surface area contributed by atoms with E-state index in [1.54, 1.807) is 14.2 Å². The molecule has 1 atom stereocenters. The first-order chi connectivity index (χ1) is 11.3. The van der Waals surface area contributed by atoms with Crippen molar-refractivity contribution < 1.29 is 9.47 Å². The number of ether oxygens (including phenoxy) is 2. The summed E-state index contributed by atoms with van der Waals surface area (Å²) in [7, 11) is 3.29. The van der Waals surface area contributed by atoms with Gasteiger partial charge >= 0.3 is 0 Å². The molecule has 0 radical (unpaired) electrons. The van der Waals surface area contributed by atoms with Gasteiger partial charge in [0.25, 0.3) is 0 Å². The van der Waals surface area contributed by atoms with Crippen LogP contribution >= 0.6 is 35.7 Å². The predicted octanol–water partition coefficient (Wildman–Crippen LogP) is 3.27. The maximum absolute atomic E-state index is 5.34. The number of halogens is 1. The standard InChI is InChI=1S/C17H27N3O2S.HI/c1-4-18-17(20-12-14-6-5-9-23-14)19-11-13-7-8-15(21-2)16(10-13)22-3;/h7-8,10,14H,4-6,9,11-12H2,1-3H3,(H2,18,19,20);1H. The third-order valence-electron chi connectivity index (χ3n) is 3.73. The number of methoxy groups -OCH3 is 2. The van der Waals surface area contributed by atoms with Crippen LogP contribution in [-0.4, -0.2) is 44.3 Å². The van der Waals surface area contributed by atoms with Gasteiger partial charge in [-0.15, -0.1) is 24.0 Å². The molecule has 1 aromatic carbocycles. The Kier molecular flexibility index (Phi) is 10.3. The van der Waals surface area contributed by atoms with E-state index in [1.165, 1.54) is 18.6 Å². The van der Waals surface area contributed by atoms with Crippen LogP contribution in [0.25, 0.3) is 0 Å². The first kappa shape index (κ1) is 21.2. The second-order valence-corrected chi connectivity index (χ2v) is 6.81. The number of nitrogens with zero attached hydrogens (tertiary/aromatic N) is 1. The summed E-state index contributed by atoms with van der Waals surface area (Å²) in [6, 6.07) is 5.90. The molecule has 1 unspecified atom stereocenters. The summed E-state index contributed by atoms with van der Waals surface area (Å²) in [5.41, 5.74) is 1.09. The lowest BCUT2D eigenvalue weighted by Crippen LogP contribution is -2.40. The summed E-state index contributed by atoms with van der Waals surface area (Å²) < 4.78 is 10.6. The molecule has 0 aliphatic carbocycles. The first-order valence-corrected chi connectivity index (χ1v) is 9.16. The van der Waals surface area contributed by atoms with Crippen LogP contribution in [0.15, 0.2) is 23.2 Å². The lowest BCUT2D eigenvalue weighted by molar-refractivity contribution is 0.354. The fourth-order valence-electron chi connectivity index (χ4n) is 2.51. The van der Waals surface area contributed by atoms with Crippen LogP contribution in [0.5, 0.6) is 11.5 Å². The van der Waals surface area contributed by atoms with E-state index in [1.807, 2.05) is 18.2 Å². The normalized spacial score (nSPS) is 17.1. The Labute approximate surface area is 166 Å². The highest BCUT2D eigenvalue weighted by molar-refractivity contribution is 14.0. The van der Waals surface area contributed by atoms with Gasteiger partial charge in [0.05, 0.1) is 20.8 Å². The maximum Gasteiger partial charge on any atom is 0.191 e. The van der Waals surface area contributed by atoms with Crippen molar-refractivity contribution in [3.05, 3.63) is 23.8 Å². The predicted molar refractivity (Wildman–Crippen MR) is 113 cm³/mol. The van der Waals surface area contributed by atoms with E-state index in [-0.39, 0.29) is 24.0 Å². The van der Waals surface area contributed by atoms with E-state index in [0.717, 1.165) is 36.1 Å². The van der Waals surface area contributed by atoms with E-state index in [9.17, 15) is 0 Å². The van der Waals surface area contributed by atoms with E-state index in [2.05, 4.69) is 34.3 Å². The van der Waals surface area contributed by atoms with E-state index in [0.29, 0.717) is 11.8 Å². The van der Waals surface area contributed by atoms with E-state index in [4.69, 9.17) is 9.47 Å². The zero-order valence-corrected chi connectivity index (χ0v) is 17.8. The number of rotatable bonds is 7. The van der Waals surface area contributed by atoms with Gasteiger partial charge < -0.3 is 20.1 Å². The highest BCUT2D eigenvalue weighted by Gasteiger charge is 2.15. The molecule has 1 fully saturated rings. The molecule has 0 saturated carbocycles. The number of thioether (sulfide) groups is 1. The second-order valence-electron chi connectivity index (χ2n) is 5.40. The third kappa shape index (κ3) is 6.58. The van der Waals surface area contributed by atoms with Gasteiger partial charge in [0, 0.05) is 18.3 Å². The highest BCUT2D eigenvalue weighted by Crippen LogP contribution is 2.28. The summed E-state index contributed by atoms with van der Waals surface area (Å²) in [5, 5.41) is 7.46. The van der Waals surface area contributed by atoms with Crippen LogP contribution in [0, 0.1) is 0 Å². The summed E-state index contributed by atoms with van der Waals surface area (Å²) in [6.07, 6.45) is 2.63. The summed E-state index contributed by atoms with van der Waals surface area (Å²) in [4.78, 5) is 4.66. The van der Waals surface area contributed by atoms with Gasteiger partial charge in [-0.1, -0.05) is 6.07 Å². The fraction of sp³-hybridized carbons (Fsp3) is 0.588. The lowest BCUT2D eigenvalue weighted by Gasteiger charge is -2.14. The van der Waals surface area contributed by atoms with Crippen molar-refractivity contribution in [3.63, 3.8) is 0 Å². The minimum absolute atomic E-state index is 0. The molecule has 0 bridgehead atoms. The largest absolute Gasteiger partial charge is 0.493 e. The molecule has 7 heteroatoms. The van der Waals surface area contributed by atoms with Crippen molar-refractivity contribution >= 4 is 41.7 Å². The molecule has 0 aromatic heterocycles. The number of benzene rings is 1. The number of nitrogens with one attached hydrogen (secondary N) is 2. The summed E-state index contributed by atoms with van der Waals surface area (Å²) >= 11 is 2.05. The van der Waals surface area contributed by atoms with Gasteiger partial charge in [0.1, 0.15) is 0 Å². The lowest BCUT2D eigenvalue weighted by atomic mass is 10.2. The van der Waals surface area contributed by atoms with Gasteiger partial charge in [0.15, 0.2) is 17.5 Å². The Morgan fingerprint density at radius 1 is 1.25 bits per heavy atom. The highest BCUT2D eigenvalue weighted by atomic mass is 127. The van der Waals surface area contributed by atoms with Gasteiger partial charge in [-0.2, -0.15) is 11.8 Å². The summed E-state index contributed by atoms with van der Waals surface area (Å²) in [5.74, 6) is 3.63. The van der Waals surface area contributed by atoms with Crippen molar-refractivity contribution in [1.29, 1.82) is 0 Å². The minimum atomic E-state index is 0. The van der Waals surface area contributed by atoms with Gasteiger partial charge in [-0.05, 0) is 43.2 Å². The van der Waals surface area contributed by atoms with Crippen molar-refractivity contribution in [2.75, 3.05) is 33.1 Å². The molecule has 1 aliphatic rings. The first-order valence-electron chi connectivity index (χ1n) is 8.11. The van der Waals surface area contributed by atoms with Gasteiger partial charge in [-0.3, -0.25) is 0 Å². The van der Waals surface area contributed by atoms with Crippen LogP contribution in [0.3, 0.4) is 0 Å². The van der Waals surface area contributed by atoms with Crippen LogP contribution in [0.1, 0.15) is 25.3 Å². The van der Waals surface area contributed by atoms with Crippen molar-refractivity contribution in [2.45, 2.75) is 31.6 Å². The molecule has 5 nitrogen and oxygen atoms in total. The third-order valence-corrected chi connectivity index (χ3v) is 5.13. The van der Waals surface area contributed by atoms with Crippen LogP contribution in [-0.2, 0) is 6.54 Å².